The van der Waals surface area contributed by atoms with E-state index in [4.69, 9.17) is 9.84 Å². The van der Waals surface area contributed by atoms with E-state index in [1.807, 2.05) is 0 Å². The molecule has 0 saturated carbocycles. The Bertz CT molecular complexity index is 551. The van der Waals surface area contributed by atoms with Gasteiger partial charge < -0.3 is 9.84 Å². The second kappa shape index (κ2) is 4.97. The van der Waals surface area contributed by atoms with Crippen LogP contribution in [0.2, 0.25) is 0 Å². The Balaban J connectivity index is 2.58. The summed E-state index contributed by atoms with van der Waals surface area (Å²) in [5, 5.41) is 13.3. The van der Waals surface area contributed by atoms with Crippen molar-refractivity contribution in [2.45, 2.75) is 13.0 Å². The maximum atomic E-state index is 11.2. The number of aromatic nitrogens is 3. The number of carboxylic acid groups (broad SMARTS) is 1. The molecule has 2 rings (SSSR count). The molecule has 2 aromatic rings. The molecule has 0 saturated heterocycles. The third-order valence-corrected chi connectivity index (χ3v) is 2.68. The number of carboxylic acids is 1. The predicted octanol–water partition coefficient (Wildman–Crippen LogP) is 1.67. The first-order valence-corrected chi connectivity index (χ1v) is 5.39. The van der Waals surface area contributed by atoms with Crippen molar-refractivity contribution in [3.05, 3.63) is 42.0 Å². The van der Waals surface area contributed by atoms with Crippen LogP contribution in [0.4, 0.5) is 0 Å². The molecule has 2 aromatic heterocycles. The Morgan fingerprint density at radius 3 is 2.67 bits per heavy atom. The normalized spacial score (nSPS) is 12.3. The lowest BCUT2D eigenvalue weighted by atomic mass is 10.1. The summed E-state index contributed by atoms with van der Waals surface area (Å²) in [4.78, 5) is 15.1. The predicted molar refractivity (Wildman–Crippen MR) is 63.7 cm³/mol. The SMILES string of the molecule is CO[C@@H](C)c1c(C(=O)O)cnn1-c1ccncc1. The lowest BCUT2D eigenvalue weighted by molar-refractivity contribution is 0.0681. The molecule has 0 aliphatic heterocycles. The van der Waals surface area contributed by atoms with Crippen LogP contribution in [0.1, 0.15) is 29.1 Å². The number of aromatic carboxylic acids is 1. The van der Waals surface area contributed by atoms with Crippen LogP contribution in [-0.4, -0.2) is 33.0 Å². The highest BCUT2D eigenvalue weighted by molar-refractivity contribution is 5.89. The molecule has 0 aliphatic carbocycles. The number of hydrogen-bond donors (Lipinski definition) is 1. The Morgan fingerprint density at radius 1 is 1.44 bits per heavy atom. The van der Waals surface area contributed by atoms with E-state index in [0.717, 1.165) is 5.69 Å². The van der Waals surface area contributed by atoms with Gasteiger partial charge in [0.25, 0.3) is 0 Å². The van der Waals surface area contributed by atoms with Gasteiger partial charge in [-0.05, 0) is 19.1 Å². The third-order valence-electron chi connectivity index (χ3n) is 2.68. The molecule has 0 unspecified atom stereocenters. The number of methoxy groups -OCH3 is 1. The molecule has 0 fully saturated rings. The monoisotopic (exact) mass is 247 g/mol. The lowest BCUT2D eigenvalue weighted by Gasteiger charge is -2.13. The van der Waals surface area contributed by atoms with Gasteiger partial charge in [-0.3, -0.25) is 4.98 Å². The third kappa shape index (κ3) is 2.10. The summed E-state index contributed by atoms with van der Waals surface area (Å²) in [5.74, 6) is -1.02. The van der Waals surface area contributed by atoms with Crippen LogP contribution in [0.3, 0.4) is 0 Å². The summed E-state index contributed by atoms with van der Waals surface area (Å²) < 4.78 is 6.76. The van der Waals surface area contributed by atoms with Gasteiger partial charge in [-0.15, -0.1) is 0 Å². The van der Waals surface area contributed by atoms with Gasteiger partial charge in [-0.25, -0.2) is 9.48 Å². The van der Waals surface area contributed by atoms with Crippen molar-refractivity contribution in [1.29, 1.82) is 0 Å². The molecule has 94 valence electrons. The Labute approximate surface area is 104 Å². The van der Waals surface area contributed by atoms with Crippen LogP contribution < -0.4 is 0 Å². The molecule has 1 N–H and O–H groups in total. The molecule has 1 atom stereocenters. The van der Waals surface area contributed by atoms with E-state index in [-0.39, 0.29) is 11.7 Å². The molecule has 0 aromatic carbocycles. The minimum absolute atomic E-state index is 0.140. The molecule has 0 bridgehead atoms. The number of nitrogens with zero attached hydrogens (tertiary/aromatic N) is 3. The van der Waals surface area contributed by atoms with E-state index in [1.165, 1.54) is 13.3 Å². The highest BCUT2D eigenvalue weighted by atomic mass is 16.5. The topological polar surface area (TPSA) is 77.2 Å². The summed E-state index contributed by atoms with van der Waals surface area (Å²) in [6, 6.07) is 3.51. The second-order valence-corrected chi connectivity index (χ2v) is 3.74. The van der Waals surface area contributed by atoms with Gasteiger partial charge in [0.05, 0.1) is 23.7 Å². The first-order valence-electron chi connectivity index (χ1n) is 5.39. The van der Waals surface area contributed by atoms with Crippen molar-refractivity contribution >= 4 is 5.97 Å². The van der Waals surface area contributed by atoms with Gasteiger partial charge in [0.2, 0.25) is 0 Å². The smallest absolute Gasteiger partial charge is 0.339 e. The van der Waals surface area contributed by atoms with Crippen LogP contribution in [0.5, 0.6) is 0 Å². The van der Waals surface area contributed by atoms with Gasteiger partial charge in [-0.1, -0.05) is 0 Å². The van der Waals surface area contributed by atoms with Crippen LogP contribution >= 0.6 is 0 Å². The zero-order valence-electron chi connectivity index (χ0n) is 10.1. The van der Waals surface area contributed by atoms with E-state index in [1.54, 1.807) is 36.1 Å². The number of rotatable bonds is 4. The maximum absolute atomic E-state index is 11.2. The molecular formula is C12H13N3O3. The molecule has 6 nitrogen and oxygen atoms in total. The first-order chi connectivity index (χ1) is 8.65. The van der Waals surface area contributed by atoms with Crippen molar-refractivity contribution in [2.24, 2.45) is 0 Å². The van der Waals surface area contributed by atoms with Gasteiger partial charge >= 0.3 is 5.97 Å². The van der Waals surface area contributed by atoms with Gasteiger partial charge in [0, 0.05) is 19.5 Å². The molecule has 6 heteroatoms. The molecule has 0 radical (unpaired) electrons. The maximum Gasteiger partial charge on any atom is 0.339 e. The number of ether oxygens (including phenoxy) is 1. The Morgan fingerprint density at radius 2 is 2.11 bits per heavy atom. The van der Waals surface area contributed by atoms with Gasteiger partial charge in [0.1, 0.15) is 5.56 Å². The Kier molecular flexibility index (Phi) is 3.38. The molecule has 0 aliphatic rings. The van der Waals surface area contributed by atoms with Gasteiger partial charge in [0.15, 0.2) is 0 Å². The average Bonchev–Trinajstić information content (AvgIpc) is 2.83. The van der Waals surface area contributed by atoms with E-state index >= 15 is 0 Å². The summed E-state index contributed by atoms with van der Waals surface area (Å²) >= 11 is 0. The molecule has 0 amide bonds. The van der Waals surface area contributed by atoms with Crippen LogP contribution in [0.25, 0.3) is 5.69 Å². The molecule has 0 spiro atoms. The van der Waals surface area contributed by atoms with Crippen molar-refractivity contribution in [1.82, 2.24) is 14.8 Å². The highest BCUT2D eigenvalue weighted by Crippen LogP contribution is 2.23. The Hall–Kier alpha value is -2.21. The zero-order valence-corrected chi connectivity index (χ0v) is 10.1. The largest absolute Gasteiger partial charge is 0.478 e. The summed E-state index contributed by atoms with van der Waals surface area (Å²) in [6.45, 7) is 1.78. The second-order valence-electron chi connectivity index (χ2n) is 3.74. The molecule has 2 heterocycles. The average molecular weight is 247 g/mol. The van der Waals surface area contributed by atoms with Crippen LogP contribution in [0.15, 0.2) is 30.7 Å². The highest BCUT2D eigenvalue weighted by Gasteiger charge is 2.22. The fourth-order valence-corrected chi connectivity index (χ4v) is 1.72. The molecule has 18 heavy (non-hydrogen) atoms. The van der Waals surface area contributed by atoms with Crippen molar-refractivity contribution in [3.8, 4) is 5.69 Å². The summed E-state index contributed by atoms with van der Waals surface area (Å²) in [6.07, 6.45) is 4.21. The number of pyridine rings is 1. The minimum Gasteiger partial charge on any atom is -0.478 e. The van der Waals surface area contributed by atoms with E-state index in [0.29, 0.717) is 5.69 Å². The van der Waals surface area contributed by atoms with Crippen molar-refractivity contribution in [3.63, 3.8) is 0 Å². The fourth-order valence-electron chi connectivity index (χ4n) is 1.72. The van der Waals surface area contributed by atoms with Crippen LogP contribution in [-0.2, 0) is 4.74 Å². The van der Waals surface area contributed by atoms with Gasteiger partial charge in [-0.2, -0.15) is 5.10 Å². The number of carbonyl (C=O) groups is 1. The standard InChI is InChI=1S/C12H13N3O3/c1-8(18-2)11-10(12(16)17)7-14-15(11)9-3-5-13-6-4-9/h3-8H,1-2H3,(H,16,17)/t8-/m0/s1. The lowest BCUT2D eigenvalue weighted by Crippen LogP contribution is -2.11. The van der Waals surface area contributed by atoms with E-state index in [2.05, 4.69) is 10.1 Å². The van der Waals surface area contributed by atoms with Crippen molar-refractivity contribution in [2.75, 3.05) is 7.11 Å². The first kappa shape index (κ1) is 12.3. The zero-order chi connectivity index (χ0) is 13.1. The molecular weight excluding hydrogens is 234 g/mol. The number of hydrogen-bond acceptors (Lipinski definition) is 4. The summed E-state index contributed by atoms with van der Waals surface area (Å²) in [7, 11) is 1.53. The van der Waals surface area contributed by atoms with E-state index < -0.39 is 5.97 Å². The van der Waals surface area contributed by atoms with Crippen molar-refractivity contribution < 1.29 is 14.6 Å². The van der Waals surface area contributed by atoms with Crippen LogP contribution in [0, 0.1) is 0 Å². The quantitative estimate of drug-likeness (QED) is 0.889. The van der Waals surface area contributed by atoms with E-state index in [9.17, 15) is 4.79 Å². The fraction of sp³-hybridized carbons (Fsp3) is 0.250. The minimum atomic E-state index is -1.02. The summed E-state index contributed by atoms with van der Waals surface area (Å²) in [5.41, 5.74) is 1.40.